The number of hydrogen-bond acceptors (Lipinski definition) is 1. The lowest BCUT2D eigenvalue weighted by molar-refractivity contribution is -0.0557. The van der Waals surface area contributed by atoms with Gasteiger partial charge in [-0.25, -0.2) is 0 Å². The van der Waals surface area contributed by atoms with E-state index in [9.17, 15) is 5.11 Å². The molecule has 0 bridgehead atoms. The third-order valence-electron chi connectivity index (χ3n) is 3.61. The third-order valence-corrected chi connectivity index (χ3v) is 3.61. The minimum absolute atomic E-state index is 0.466. The lowest BCUT2D eigenvalue weighted by atomic mass is 9.67. The van der Waals surface area contributed by atoms with Crippen molar-refractivity contribution in [3.05, 3.63) is 18.4 Å². The molecule has 1 aliphatic carbocycles. The first-order valence-electron chi connectivity index (χ1n) is 6.32. The maximum absolute atomic E-state index is 10.1. The fraction of sp³-hybridized carbons (Fsp3) is 0.786. The Kier molecular flexibility index (Phi) is 5.14. The Morgan fingerprint density at radius 3 is 2.67 bits per heavy atom. The Morgan fingerprint density at radius 1 is 1.40 bits per heavy atom. The molecular formula is C14H24O. The molecule has 0 spiro atoms. The van der Waals surface area contributed by atoms with Crippen LogP contribution in [0.2, 0.25) is 0 Å². The average molecular weight is 208 g/mol. The van der Waals surface area contributed by atoms with Gasteiger partial charge in [0.1, 0.15) is 0 Å². The minimum atomic E-state index is -0.563. The molecule has 1 fully saturated rings. The second-order valence-electron chi connectivity index (χ2n) is 4.78. The molecule has 2 atom stereocenters. The lowest BCUT2D eigenvalue weighted by Gasteiger charge is -2.43. The highest BCUT2D eigenvalue weighted by Gasteiger charge is 2.42. The van der Waals surface area contributed by atoms with Gasteiger partial charge in [0.05, 0.1) is 5.60 Å². The van der Waals surface area contributed by atoms with Crippen molar-refractivity contribution in [2.75, 3.05) is 0 Å². The summed E-state index contributed by atoms with van der Waals surface area (Å²) in [4.78, 5) is 0. The van der Waals surface area contributed by atoms with Gasteiger partial charge in [-0.2, -0.15) is 0 Å². The summed E-state index contributed by atoms with van der Waals surface area (Å²) < 4.78 is 0. The Bertz CT molecular complexity index is 227. The standard InChI is InChI=1S/C14H24O/c1-3-5-6-7-8-9-13-10-12-14(13,15)11-4-2/h11,13,15H,2-3,5-10,12H2,1H3/t13-,14+/m1/s1. The molecule has 86 valence electrons. The van der Waals surface area contributed by atoms with Crippen molar-refractivity contribution >= 4 is 0 Å². The topological polar surface area (TPSA) is 20.2 Å². The van der Waals surface area contributed by atoms with Crippen LogP contribution in [-0.4, -0.2) is 10.7 Å². The molecule has 15 heavy (non-hydrogen) atoms. The molecule has 0 radical (unpaired) electrons. The number of unbranched alkanes of at least 4 members (excludes halogenated alkanes) is 4. The summed E-state index contributed by atoms with van der Waals surface area (Å²) in [6.45, 7) is 5.78. The highest BCUT2D eigenvalue weighted by molar-refractivity contribution is 5.09. The summed E-state index contributed by atoms with van der Waals surface area (Å²) >= 11 is 0. The van der Waals surface area contributed by atoms with Gasteiger partial charge in [-0.3, -0.25) is 0 Å². The van der Waals surface area contributed by atoms with Gasteiger partial charge in [0.2, 0.25) is 0 Å². The highest BCUT2D eigenvalue weighted by Crippen LogP contribution is 2.42. The first-order chi connectivity index (χ1) is 7.23. The summed E-state index contributed by atoms with van der Waals surface area (Å²) in [5.74, 6) is 0.466. The van der Waals surface area contributed by atoms with Crippen LogP contribution in [0.4, 0.5) is 0 Å². The summed E-state index contributed by atoms with van der Waals surface area (Å²) in [5.41, 5.74) is 2.16. The van der Waals surface area contributed by atoms with Gasteiger partial charge in [-0.15, -0.1) is 5.73 Å². The summed E-state index contributed by atoms with van der Waals surface area (Å²) in [7, 11) is 0. The first kappa shape index (κ1) is 12.5. The second-order valence-corrected chi connectivity index (χ2v) is 4.78. The van der Waals surface area contributed by atoms with Crippen LogP contribution in [0.25, 0.3) is 0 Å². The van der Waals surface area contributed by atoms with Gasteiger partial charge in [-0.05, 0) is 31.3 Å². The fourth-order valence-electron chi connectivity index (χ4n) is 2.40. The number of rotatable bonds is 7. The van der Waals surface area contributed by atoms with E-state index in [2.05, 4.69) is 19.2 Å². The van der Waals surface area contributed by atoms with Crippen LogP contribution in [0.15, 0.2) is 18.4 Å². The van der Waals surface area contributed by atoms with E-state index in [4.69, 9.17) is 0 Å². The molecule has 0 aromatic rings. The van der Waals surface area contributed by atoms with Gasteiger partial charge < -0.3 is 5.11 Å². The van der Waals surface area contributed by atoms with E-state index >= 15 is 0 Å². The Labute approximate surface area is 93.9 Å². The van der Waals surface area contributed by atoms with Crippen LogP contribution < -0.4 is 0 Å². The van der Waals surface area contributed by atoms with Crippen molar-refractivity contribution in [1.82, 2.24) is 0 Å². The van der Waals surface area contributed by atoms with Crippen LogP contribution in [-0.2, 0) is 0 Å². The summed E-state index contributed by atoms with van der Waals surface area (Å²) in [6.07, 6.45) is 11.6. The van der Waals surface area contributed by atoms with E-state index in [0.717, 1.165) is 6.42 Å². The van der Waals surface area contributed by atoms with Crippen LogP contribution >= 0.6 is 0 Å². The van der Waals surface area contributed by atoms with Gasteiger partial charge in [0.25, 0.3) is 0 Å². The molecule has 0 aromatic heterocycles. The van der Waals surface area contributed by atoms with Crippen molar-refractivity contribution in [1.29, 1.82) is 0 Å². The zero-order chi connectivity index (χ0) is 11.1. The maximum atomic E-state index is 10.1. The highest BCUT2D eigenvalue weighted by atomic mass is 16.3. The van der Waals surface area contributed by atoms with Crippen molar-refractivity contribution in [3.8, 4) is 0 Å². The minimum Gasteiger partial charge on any atom is -0.385 e. The average Bonchev–Trinajstić information content (AvgIpc) is 2.22. The van der Waals surface area contributed by atoms with E-state index in [1.165, 1.54) is 44.9 Å². The van der Waals surface area contributed by atoms with Gasteiger partial charge in [0, 0.05) is 0 Å². The van der Waals surface area contributed by atoms with Gasteiger partial charge in [0.15, 0.2) is 0 Å². The predicted octanol–water partition coefficient (Wildman–Crippen LogP) is 3.83. The Hall–Kier alpha value is -0.520. The molecule has 0 aliphatic heterocycles. The zero-order valence-electron chi connectivity index (χ0n) is 9.97. The lowest BCUT2D eigenvalue weighted by Crippen LogP contribution is -2.45. The number of aliphatic hydroxyl groups is 1. The molecule has 1 aliphatic rings. The van der Waals surface area contributed by atoms with Crippen LogP contribution in [0.3, 0.4) is 0 Å². The van der Waals surface area contributed by atoms with E-state index < -0.39 is 5.60 Å². The monoisotopic (exact) mass is 208 g/mol. The predicted molar refractivity (Wildman–Crippen MR) is 64.8 cm³/mol. The zero-order valence-corrected chi connectivity index (χ0v) is 9.97. The molecule has 0 saturated heterocycles. The quantitative estimate of drug-likeness (QED) is 0.498. The van der Waals surface area contributed by atoms with Crippen molar-refractivity contribution < 1.29 is 5.11 Å². The Morgan fingerprint density at radius 2 is 2.13 bits per heavy atom. The maximum Gasteiger partial charge on any atom is 0.0928 e. The van der Waals surface area contributed by atoms with E-state index in [1.807, 2.05) is 0 Å². The molecule has 0 aromatic carbocycles. The first-order valence-corrected chi connectivity index (χ1v) is 6.32. The van der Waals surface area contributed by atoms with Gasteiger partial charge in [-0.1, -0.05) is 45.6 Å². The molecule has 1 heteroatoms. The number of hydrogen-bond donors (Lipinski definition) is 1. The van der Waals surface area contributed by atoms with Crippen LogP contribution in [0.1, 0.15) is 58.3 Å². The van der Waals surface area contributed by atoms with Crippen molar-refractivity contribution in [3.63, 3.8) is 0 Å². The molecular weight excluding hydrogens is 184 g/mol. The van der Waals surface area contributed by atoms with Gasteiger partial charge >= 0.3 is 0 Å². The molecule has 1 N–H and O–H groups in total. The Balaban J connectivity index is 2.14. The van der Waals surface area contributed by atoms with E-state index in [1.54, 1.807) is 6.08 Å². The van der Waals surface area contributed by atoms with E-state index in [-0.39, 0.29) is 0 Å². The summed E-state index contributed by atoms with van der Waals surface area (Å²) in [6, 6.07) is 0. The van der Waals surface area contributed by atoms with Crippen molar-refractivity contribution in [2.24, 2.45) is 5.92 Å². The largest absolute Gasteiger partial charge is 0.385 e. The molecule has 1 rings (SSSR count). The molecule has 0 amide bonds. The molecule has 1 saturated carbocycles. The fourth-order valence-corrected chi connectivity index (χ4v) is 2.40. The second kappa shape index (κ2) is 6.15. The molecule has 0 unspecified atom stereocenters. The van der Waals surface area contributed by atoms with E-state index in [0.29, 0.717) is 5.92 Å². The SMILES string of the molecule is C=C=C[C@]1(O)CC[C@H]1CCCCCCC. The van der Waals surface area contributed by atoms with Crippen LogP contribution in [0, 0.1) is 5.92 Å². The normalized spacial score (nSPS) is 29.3. The smallest absolute Gasteiger partial charge is 0.0928 e. The van der Waals surface area contributed by atoms with Crippen LogP contribution in [0.5, 0.6) is 0 Å². The van der Waals surface area contributed by atoms with Crippen molar-refractivity contribution in [2.45, 2.75) is 63.9 Å². The third kappa shape index (κ3) is 3.52. The summed E-state index contributed by atoms with van der Waals surface area (Å²) in [5, 5.41) is 10.1. The molecule has 1 nitrogen and oxygen atoms in total. The molecule has 0 heterocycles.